The molecule has 0 saturated heterocycles. The predicted octanol–water partition coefficient (Wildman–Crippen LogP) is 4.42. The number of esters is 1. The first kappa shape index (κ1) is 20.7. The number of halogens is 1. The molecule has 0 saturated carbocycles. The Hall–Kier alpha value is -3.05. The molecule has 6 heteroatoms. The van der Waals surface area contributed by atoms with Gasteiger partial charge in [0.25, 0.3) is 0 Å². The molecular formula is C23H22ClNO4. The standard InChI is InChI=1S/C23H22ClNO4/c1-13-19(22(26)27)21(20(14(2)25-13)23(28)29-3)18-7-5-4-6-16(18)12-15-8-10-17(24)11-9-15/h4-11,21,25H,12H2,1-3H3,(H,26,27). The van der Waals surface area contributed by atoms with Crippen molar-refractivity contribution < 1.29 is 19.4 Å². The van der Waals surface area contributed by atoms with Gasteiger partial charge in [0.2, 0.25) is 0 Å². The molecule has 5 nitrogen and oxygen atoms in total. The van der Waals surface area contributed by atoms with Crippen molar-refractivity contribution in [3.63, 3.8) is 0 Å². The maximum atomic E-state index is 12.6. The molecule has 0 aliphatic carbocycles. The molecule has 1 aliphatic heterocycles. The van der Waals surface area contributed by atoms with Gasteiger partial charge in [0.15, 0.2) is 0 Å². The molecule has 29 heavy (non-hydrogen) atoms. The second-order valence-electron chi connectivity index (χ2n) is 6.93. The van der Waals surface area contributed by atoms with Crippen LogP contribution in [0.15, 0.2) is 71.1 Å². The lowest BCUT2D eigenvalue weighted by atomic mass is 9.78. The first-order valence-corrected chi connectivity index (χ1v) is 9.53. The molecule has 1 heterocycles. The summed E-state index contributed by atoms with van der Waals surface area (Å²) < 4.78 is 4.98. The molecule has 0 spiro atoms. The van der Waals surface area contributed by atoms with Crippen molar-refractivity contribution in [1.29, 1.82) is 0 Å². The summed E-state index contributed by atoms with van der Waals surface area (Å²) in [5, 5.41) is 13.6. The van der Waals surface area contributed by atoms with Gasteiger partial charge in [0, 0.05) is 16.4 Å². The maximum absolute atomic E-state index is 12.6. The first-order valence-electron chi connectivity index (χ1n) is 9.16. The third kappa shape index (κ3) is 4.20. The smallest absolute Gasteiger partial charge is 0.336 e. The molecule has 2 aromatic carbocycles. The number of carbonyl (C=O) groups is 2. The Morgan fingerprint density at radius 2 is 1.66 bits per heavy atom. The number of carboxylic acid groups (broad SMARTS) is 1. The monoisotopic (exact) mass is 411 g/mol. The van der Waals surface area contributed by atoms with E-state index in [1.165, 1.54) is 7.11 Å². The molecule has 1 unspecified atom stereocenters. The number of dihydropyridines is 1. The van der Waals surface area contributed by atoms with Crippen LogP contribution in [0.2, 0.25) is 5.02 Å². The fourth-order valence-corrected chi connectivity index (χ4v) is 3.89. The third-order valence-corrected chi connectivity index (χ3v) is 5.32. The summed E-state index contributed by atoms with van der Waals surface area (Å²) in [6, 6.07) is 15.1. The second kappa shape index (κ2) is 8.53. The normalized spacial score (nSPS) is 16.5. The van der Waals surface area contributed by atoms with Crippen molar-refractivity contribution in [2.75, 3.05) is 7.11 Å². The molecule has 1 atom stereocenters. The minimum atomic E-state index is -1.07. The zero-order valence-electron chi connectivity index (χ0n) is 16.5. The molecule has 2 aromatic rings. The van der Waals surface area contributed by atoms with E-state index in [2.05, 4.69) is 5.32 Å². The highest BCUT2D eigenvalue weighted by Gasteiger charge is 2.37. The summed E-state index contributed by atoms with van der Waals surface area (Å²) in [5.74, 6) is -2.35. The van der Waals surface area contributed by atoms with E-state index < -0.39 is 17.9 Å². The highest BCUT2D eigenvalue weighted by Crippen LogP contribution is 2.40. The number of hydrogen-bond donors (Lipinski definition) is 2. The number of rotatable bonds is 5. The summed E-state index contributed by atoms with van der Waals surface area (Å²) in [6.45, 7) is 3.46. The van der Waals surface area contributed by atoms with Crippen LogP contribution in [0.25, 0.3) is 0 Å². The van der Waals surface area contributed by atoms with Crippen LogP contribution >= 0.6 is 11.6 Å². The number of benzene rings is 2. The summed E-state index contributed by atoms with van der Waals surface area (Å²) in [4.78, 5) is 24.7. The fourth-order valence-electron chi connectivity index (χ4n) is 3.77. The Balaban J connectivity index is 2.17. The van der Waals surface area contributed by atoms with E-state index in [4.69, 9.17) is 16.3 Å². The second-order valence-corrected chi connectivity index (χ2v) is 7.37. The average Bonchev–Trinajstić information content (AvgIpc) is 2.68. The Kier molecular flexibility index (Phi) is 6.09. The average molecular weight is 412 g/mol. The number of ether oxygens (including phenoxy) is 1. The van der Waals surface area contributed by atoms with Gasteiger partial charge in [-0.25, -0.2) is 9.59 Å². The molecule has 0 aromatic heterocycles. The maximum Gasteiger partial charge on any atom is 0.336 e. The Labute approximate surface area is 174 Å². The Morgan fingerprint density at radius 1 is 1.03 bits per heavy atom. The molecule has 0 radical (unpaired) electrons. The van der Waals surface area contributed by atoms with Gasteiger partial charge in [-0.15, -0.1) is 0 Å². The first-order chi connectivity index (χ1) is 13.8. The van der Waals surface area contributed by atoms with Crippen LogP contribution < -0.4 is 5.32 Å². The molecule has 150 valence electrons. The molecule has 3 rings (SSSR count). The van der Waals surface area contributed by atoms with Gasteiger partial charge in [-0.3, -0.25) is 0 Å². The number of allylic oxidation sites excluding steroid dienone is 2. The van der Waals surface area contributed by atoms with Crippen molar-refractivity contribution in [3.8, 4) is 0 Å². The van der Waals surface area contributed by atoms with Crippen LogP contribution in [-0.2, 0) is 20.7 Å². The van der Waals surface area contributed by atoms with Crippen LogP contribution in [0.4, 0.5) is 0 Å². The van der Waals surface area contributed by atoms with Gasteiger partial charge < -0.3 is 15.2 Å². The molecular weight excluding hydrogens is 390 g/mol. The molecule has 2 N–H and O–H groups in total. The van der Waals surface area contributed by atoms with Crippen LogP contribution in [0.5, 0.6) is 0 Å². The van der Waals surface area contributed by atoms with E-state index >= 15 is 0 Å². The van der Waals surface area contributed by atoms with E-state index in [9.17, 15) is 14.7 Å². The molecule has 1 aliphatic rings. The van der Waals surface area contributed by atoms with Crippen molar-refractivity contribution in [3.05, 3.63) is 92.8 Å². The minimum Gasteiger partial charge on any atom is -0.478 e. The van der Waals surface area contributed by atoms with Gasteiger partial charge in [0.1, 0.15) is 0 Å². The summed E-state index contributed by atoms with van der Waals surface area (Å²) in [5.41, 5.74) is 4.27. The van der Waals surface area contributed by atoms with Gasteiger partial charge in [-0.1, -0.05) is 48.0 Å². The van der Waals surface area contributed by atoms with Gasteiger partial charge in [-0.05, 0) is 49.1 Å². The Bertz CT molecular complexity index is 1020. The molecule has 0 bridgehead atoms. The van der Waals surface area contributed by atoms with E-state index in [0.29, 0.717) is 28.4 Å². The van der Waals surface area contributed by atoms with Crippen LogP contribution in [-0.4, -0.2) is 24.2 Å². The number of nitrogens with one attached hydrogen (secondary N) is 1. The van der Waals surface area contributed by atoms with Gasteiger partial charge >= 0.3 is 11.9 Å². The zero-order chi connectivity index (χ0) is 21.1. The quantitative estimate of drug-likeness (QED) is 0.712. The highest BCUT2D eigenvalue weighted by molar-refractivity contribution is 6.30. The lowest BCUT2D eigenvalue weighted by Gasteiger charge is -2.30. The van der Waals surface area contributed by atoms with Crippen molar-refractivity contribution >= 4 is 23.5 Å². The van der Waals surface area contributed by atoms with Crippen LogP contribution in [0, 0.1) is 0 Å². The third-order valence-electron chi connectivity index (χ3n) is 5.07. The van der Waals surface area contributed by atoms with E-state index in [1.54, 1.807) is 13.8 Å². The summed E-state index contributed by atoms with van der Waals surface area (Å²) >= 11 is 5.99. The number of carboxylic acids is 1. The Morgan fingerprint density at radius 3 is 2.28 bits per heavy atom. The van der Waals surface area contributed by atoms with Crippen LogP contribution in [0.3, 0.4) is 0 Å². The summed E-state index contributed by atoms with van der Waals surface area (Å²) in [7, 11) is 1.30. The summed E-state index contributed by atoms with van der Waals surface area (Å²) in [6.07, 6.45) is 0.580. The van der Waals surface area contributed by atoms with Crippen molar-refractivity contribution in [2.24, 2.45) is 0 Å². The van der Waals surface area contributed by atoms with Crippen molar-refractivity contribution in [1.82, 2.24) is 5.32 Å². The SMILES string of the molecule is COC(=O)C1=C(C)NC(C)=C(C(=O)O)C1c1ccccc1Cc1ccc(Cl)cc1. The molecule has 0 fully saturated rings. The number of hydrogen-bond acceptors (Lipinski definition) is 4. The van der Waals surface area contributed by atoms with E-state index in [1.807, 2.05) is 48.5 Å². The minimum absolute atomic E-state index is 0.138. The fraction of sp³-hybridized carbons (Fsp3) is 0.217. The van der Waals surface area contributed by atoms with Gasteiger partial charge in [0.05, 0.1) is 24.2 Å². The largest absolute Gasteiger partial charge is 0.478 e. The lowest BCUT2D eigenvalue weighted by molar-refractivity contribution is -0.136. The van der Waals surface area contributed by atoms with Crippen LogP contribution in [0.1, 0.15) is 36.5 Å². The predicted molar refractivity (Wildman–Crippen MR) is 112 cm³/mol. The van der Waals surface area contributed by atoms with E-state index in [0.717, 1.165) is 16.7 Å². The van der Waals surface area contributed by atoms with Crippen molar-refractivity contribution in [2.45, 2.75) is 26.2 Å². The topological polar surface area (TPSA) is 75.6 Å². The number of aliphatic carboxylic acids is 1. The van der Waals surface area contributed by atoms with E-state index in [-0.39, 0.29) is 5.57 Å². The lowest BCUT2D eigenvalue weighted by Crippen LogP contribution is -2.32. The zero-order valence-corrected chi connectivity index (χ0v) is 17.2. The molecule has 0 amide bonds. The van der Waals surface area contributed by atoms with Gasteiger partial charge in [-0.2, -0.15) is 0 Å². The highest BCUT2D eigenvalue weighted by atomic mass is 35.5. The number of carbonyl (C=O) groups excluding carboxylic acids is 1. The number of methoxy groups -OCH3 is 1.